The van der Waals surface area contributed by atoms with E-state index in [9.17, 15) is 39.6 Å². The van der Waals surface area contributed by atoms with Crippen LogP contribution in [0.2, 0.25) is 0 Å². The molecule has 2 aromatic rings. The number of aliphatic carboxylic acids is 1. The quantitative estimate of drug-likeness (QED) is 0.261. The number of nitrogens with zero attached hydrogens (tertiary/aromatic N) is 2. The van der Waals surface area contributed by atoms with Crippen LogP contribution in [0.3, 0.4) is 0 Å². The van der Waals surface area contributed by atoms with Crippen molar-refractivity contribution in [3.05, 3.63) is 47.8 Å². The summed E-state index contributed by atoms with van der Waals surface area (Å²) in [5.41, 5.74) is 5.58. The van der Waals surface area contributed by atoms with Gasteiger partial charge in [-0.1, -0.05) is 6.07 Å². The standard InChI is InChI=1S/C18H25F3N2O3S.C12H22O4S.C6H8N2/c1-17(2,3)27(25,26)11-12-4-6-13(7-5-12)16(24)23-15-9-8-14(10-22-15)18(19,20)21;1-12(2,3)17(15,16)8-9-4-6-10(7-5-9)11(13)14;1-5-2-3-6(7)8-4-5/h8-10,12-13H,4-7,11H2,1-3H3,(H,22,23,24);9-10H,4-8H2,1-3H3,(H,13,14);2-4H,1H3,(H2,7,8). The Labute approximate surface area is 306 Å². The number of aryl methyl sites for hydroxylation is 1. The SMILES string of the molecule is CC(C)(C)S(=O)(=O)CC1CCC(C(=O)Nc2ccc(C(F)(F)F)cn2)CC1.CC(C)(C)S(=O)(=O)CC1CCC(C(=O)O)CC1.Cc1ccc(N)nc1. The summed E-state index contributed by atoms with van der Waals surface area (Å²) in [6.45, 7) is 12.2. The predicted octanol–water partition coefficient (Wildman–Crippen LogP) is 7.12. The summed E-state index contributed by atoms with van der Waals surface area (Å²) in [4.78, 5) is 30.6. The van der Waals surface area contributed by atoms with Gasteiger partial charge in [-0.25, -0.2) is 26.8 Å². The third-order valence-electron chi connectivity index (χ3n) is 9.47. The molecule has 0 aromatic carbocycles. The number of rotatable bonds is 7. The van der Waals surface area contributed by atoms with E-state index >= 15 is 0 Å². The third-order valence-corrected chi connectivity index (χ3v) is 15.0. The average molecular weight is 777 g/mol. The molecule has 0 atom stereocenters. The second-order valence-corrected chi connectivity index (χ2v) is 21.3. The fraction of sp³-hybridized carbons (Fsp3) is 0.667. The number of carboxylic acids is 1. The van der Waals surface area contributed by atoms with Crippen LogP contribution in [0.5, 0.6) is 0 Å². The first-order chi connectivity index (χ1) is 23.7. The number of carbonyl (C=O) groups is 2. The number of halogens is 3. The number of nitrogens with one attached hydrogen (secondary N) is 1. The van der Waals surface area contributed by atoms with Crippen molar-refractivity contribution in [3.8, 4) is 0 Å². The van der Waals surface area contributed by atoms with E-state index in [0.717, 1.165) is 17.7 Å². The minimum absolute atomic E-state index is 0.0301. The summed E-state index contributed by atoms with van der Waals surface area (Å²) in [5, 5.41) is 11.4. The highest BCUT2D eigenvalue weighted by atomic mass is 32.2. The van der Waals surface area contributed by atoms with Crippen molar-refractivity contribution in [2.45, 2.75) is 116 Å². The highest BCUT2D eigenvalue weighted by molar-refractivity contribution is 7.93. The van der Waals surface area contributed by atoms with Gasteiger partial charge in [0.1, 0.15) is 11.6 Å². The topological polar surface area (TPSA) is 186 Å². The number of carbonyl (C=O) groups excluding carboxylic acids is 1. The van der Waals surface area contributed by atoms with Gasteiger partial charge >= 0.3 is 12.1 Å². The fourth-order valence-corrected chi connectivity index (χ4v) is 8.54. The van der Waals surface area contributed by atoms with Crippen LogP contribution in [0.1, 0.15) is 104 Å². The molecule has 2 fully saturated rings. The Hall–Kier alpha value is -3.27. The van der Waals surface area contributed by atoms with Gasteiger partial charge in [-0.2, -0.15) is 13.2 Å². The van der Waals surface area contributed by atoms with Gasteiger partial charge in [-0.05, 0) is 135 Å². The number of carboxylic acid groups (broad SMARTS) is 1. The number of nitrogen functional groups attached to an aromatic ring is 1. The number of hydrogen-bond donors (Lipinski definition) is 3. The maximum absolute atomic E-state index is 12.5. The van der Waals surface area contributed by atoms with Crippen LogP contribution in [0.25, 0.3) is 0 Å². The van der Waals surface area contributed by atoms with E-state index in [2.05, 4.69) is 15.3 Å². The fourth-order valence-electron chi connectivity index (χ4n) is 5.63. The Morgan fingerprint density at radius 2 is 1.21 bits per heavy atom. The molecule has 0 saturated heterocycles. The molecule has 2 aliphatic rings. The van der Waals surface area contributed by atoms with Gasteiger partial charge in [0, 0.05) is 18.3 Å². The molecule has 0 aliphatic heterocycles. The Morgan fingerprint density at radius 1 is 0.750 bits per heavy atom. The molecule has 0 unspecified atom stereocenters. The van der Waals surface area contributed by atoms with E-state index in [1.54, 1.807) is 53.8 Å². The van der Waals surface area contributed by atoms with Crippen molar-refractivity contribution in [2.75, 3.05) is 22.6 Å². The Balaban J connectivity index is 0.000000316. The van der Waals surface area contributed by atoms with Crippen molar-refractivity contribution in [3.63, 3.8) is 0 Å². The summed E-state index contributed by atoms with van der Waals surface area (Å²) >= 11 is 0. The second-order valence-electron chi connectivity index (χ2n) is 15.7. The molecule has 2 saturated carbocycles. The number of amides is 1. The number of nitrogens with two attached hydrogens (primary N) is 1. The number of aromatic nitrogens is 2. The summed E-state index contributed by atoms with van der Waals surface area (Å²) in [5.74, 6) is -0.472. The molecule has 52 heavy (non-hydrogen) atoms. The van der Waals surface area contributed by atoms with Crippen LogP contribution in [0, 0.1) is 30.6 Å². The number of pyridine rings is 2. The molecule has 2 aromatic heterocycles. The normalized spacial score (nSPS) is 21.4. The lowest BCUT2D eigenvalue weighted by molar-refractivity contribution is -0.143. The molecule has 294 valence electrons. The van der Waals surface area contributed by atoms with Gasteiger partial charge in [0.05, 0.1) is 32.5 Å². The first-order valence-electron chi connectivity index (χ1n) is 17.4. The van der Waals surface area contributed by atoms with E-state index in [1.807, 2.05) is 13.0 Å². The first-order valence-corrected chi connectivity index (χ1v) is 20.7. The smallest absolute Gasteiger partial charge is 0.417 e. The monoisotopic (exact) mass is 776 g/mol. The van der Waals surface area contributed by atoms with Crippen molar-refractivity contribution >= 4 is 43.2 Å². The molecule has 4 N–H and O–H groups in total. The molecule has 2 aliphatic carbocycles. The summed E-state index contributed by atoms with van der Waals surface area (Å²) < 4.78 is 84.7. The number of hydrogen-bond acceptors (Lipinski definition) is 9. The molecular weight excluding hydrogens is 722 g/mol. The van der Waals surface area contributed by atoms with Crippen LogP contribution in [0.4, 0.5) is 24.8 Å². The van der Waals surface area contributed by atoms with Gasteiger partial charge in [0.2, 0.25) is 5.91 Å². The largest absolute Gasteiger partial charge is 0.481 e. The average Bonchev–Trinajstić information content (AvgIpc) is 3.02. The van der Waals surface area contributed by atoms with E-state index in [0.29, 0.717) is 63.4 Å². The molecular formula is C36H55F3N4O7S2. The molecule has 16 heteroatoms. The van der Waals surface area contributed by atoms with Crippen molar-refractivity contribution in [1.82, 2.24) is 9.97 Å². The summed E-state index contributed by atoms with van der Waals surface area (Å²) in [6, 6.07) is 5.72. The van der Waals surface area contributed by atoms with Gasteiger partial charge in [0.15, 0.2) is 19.7 Å². The van der Waals surface area contributed by atoms with Gasteiger partial charge in [-0.3, -0.25) is 9.59 Å². The van der Waals surface area contributed by atoms with Crippen molar-refractivity contribution < 1.29 is 44.7 Å². The molecule has 4 rings (SSSR count). The van der Waals surface area contributed by atoms with Crippen LogP contribution >= 0.6 is 0 Å². The third kappa shape index (κ3) is 14.3. The number of anilines is 2. The maximum Gasteiger partial charge on any atom is 0.417 e. The highest BCUT2D eigenvalue weighted by Crippen LogP contribution is 2.34. The molecule has 0 spiro atoms. The zero-order chi connectivity index (χ0) is 39.7. The molecule has 11 nitrogen and oxygen atoms in total. The Morgan fingerprint density at radius 3 is 1.54 bits per heavy atom. The Kier molecular flexibility index (Phi) is 15.7. The Bertz CT molecular complexity index is 1650. The molecule has 0 radical (unpaired) electrons. The van der Waals surface area contributed by atoms with Crippen molar-refractivity contribution in [2.24, 2.45) is 23.7 Å². The lowest BCUT2D eigenvalue weighted by Gasteiger charge is -2.29. The van der Waals surface area contributed by atoms with Crippen LogP contribution in [-0.2, 0) is 35.4 Å². The minimum atomic E-state index is -4.47. The van der Waals surface area contributed by atoms with Crippen LogP contribution in [0.15, 0.2) is 36.7 Å². The first kappa shape index (κ1) is 44.9. The van der Waals surface area contributed by atoms with Crippen molar-refractivity contribution in [1.29, 1.82) is 0 Å². The van der Waals surface area contributed by atoms with E-state index < -0.39 is 46.9 Å². The maximum atomic E-state index is 12.5. The van der Waals surface area contributed by atoms with Gasteiger partial charge in [0.25, 0.3) is 0 Å². The second kappa shape index (κ2) is 18.2. The zero-order valence-corrected chi connectivity index (χ0v) is 32.8. The predicted molar refractivity (Wildman–Crippen MR) is 197 cm³/mol. The zero-order valence-electron chi connectivity index (χ0n) is 31.2. The van der Waals surface area contributed by atoms with Crippen LogP contribution < -0.4 is 11.1 Å². The summed E-state index contributed by atoms with van der Waals surface area (Å²) in [7, 11) is -6.28. The lowest BCUT2D eigenvalue weighted by atomic mass is 9.82. The molecule has 0 bridgehead atoms. The van der Waals surface area contributed by atoms with E-state index in [1.165, 1.54) is 0 Å². The lowest BCUT2D eigenvalue weighted by Crippen LogP contribution is -2.35. The van der Waals surface area contributed by atoms with Gasteiger partial charge < -0.3 is 16.2 Å². The molecule has 2 heterocycles. The minimum Gasteiger partial charge on any atom is -0.481 e. The van der Waals surface area contributed by atoms with Crippen LogP contribution in [-0.4, -0.2) is 64.8 Å². The van der Waals surface area contributed by atoms with E-state index in [4.69, 9.17) is 10.8 Å². The number of sulfone groups is 2. The molecule has 1 amide bonds. The van der Waals surface area contributed by atoms with E-state index in [-0.39, 0.29) is 46.9 Å². The van der Waals surface area contributed by atoms with Gasteiger partial charge in [-0.15, -0.1) is 0 Å². The highest BCUT2D eigenvalue weighted by Gasteiger charge is 2.36. The number of alkyl halides is 3. The summed E-state index contributed by atoms with van der Waals surface area (Å²) in [6.07, 6.45) is 2.98.